The summed E-state index contributed by atoms with van der Waals surface area (Å²) in [6.07, 6.45) is 4.42. The third-order valence-electron chi connectivity index (χ3n) is 2.81. The van der Waals surface area contributed by atoms with Crippen molar-refractivity contribution in [2.24, 2.45) is 11.7 Å². The maximum absolute atomic E-state index is 13.1. The Balaban J connectivity index is 1.93. The van der Waals surface area contributed by atoms with E-state index >= 15 is 0 Å². The van der Waals surface area contributed by atoms with Crippen LogP contribution in [-0.2, 0) is 6.42 Å². The van der Waals surface area contributed by atoms with Gasteiger partial charge in [0.1, 0.15) is 5.82 Å². The van der Waals surface area contributed by atoms with E-state index in [1.807, 2.05) is 6.07 Å². The van der Waals surface area contributed by atoms with Crippen LogP contribution in [0.5, 0.6) is 0 Å². The van der Waals surface area contributed by atoms with Crippen molar-refractivity contribution in [1.82, 2.24) is 0 Å². The maximum Gasteiger partial charge on any atom is 0.142 e. The first kappa shape index (κ1) is 10.9. The minimum absolute atomic E-state index is 0.151. The van der Waals surface area contributed by atoms with E-state index in [1.54, 1.807) is 6.07 Å². The molecule has 3 heteroatoms. The monoisotopic (exact) mass is 227 g/mol. The van der Waals surface area contributed by atoms with Crippen LogP contribution in [0.25, 0.3) is 0 Å². The molecule has 1 unspecified atom stereocenters. The summed E-state index contributed by atoms with van der Waals surface area (Å²) in [4.78, 5) is 0. The van der Waals surface area contributed by atoms with E-state index in [0.717, 1.165) is 24.3 Å². The third kappa shape index (κ3) is 3.18. The van der Waals surface area contributed by atoms with Gasteiger partial charge in [-0.05, 0) is 36.5 Å². The molecule has 0 amide bonds. The van der Waals surface area contributed by atoms with Gasteiger partial charge in [0.2, 0.25) is 0 Å². The SMILES string of the molecule is NC(Cc1ccc(Cl)c(F)c1)CC1CC1. The lowest BCUT2D eigenvalue weighted by atomic mass is 10.0. The van der Waals surface area contributed by atoms with Gasteiger partial charge in [-0.1, -0.05) is 30.5 Å². The zero-order valence-electron chi connectivity index (χ0n) is 8.55. The molecule has 1 aromatic carbocycles. The van der Waals surface area contributed by atoms with Crippen molar-refractivity contribution in [2.45, 2.75) is 31.7 Å². The molecule has 1 saturated carbocycles. The summed E-state index contributed by atoms with van der Waals surface area (Å²) in [7, 11) is 0. The van der Waals surface area contributed by atoms with Crippen LogP contribution in [0.1, 0.15) is 24.8 Å². The van der Waals surface area contributed by atoms with Crippen molar-refractivity contribution in [1.29, 1.82) is 0 Å². The van der Waals surface area contributed by atoms with E-state index in [4.69, 9.17) is 17.3 Å². The van der Waals surface area contributed by atoms with Crippen molar-refractivity contribution in [3.63, 3.8) is 0 Å². The molecule has 0 saturated heterocycles. The molecule has 1 atom stereocenters. The second-order valence-electron chi connectivity index (χ2n) is 4.39. The van der Waals surface area contributed by atoms with Gasteiger partial charge in [-0.15, -0.1) is 0 Å². The summed E-state index contributed by atoms with van der Waals surface area (Å²) in [6.45, 7) is 0. The lowest BCUT2D eigenvalue weighted by Gasteiger charge is -2.11. The predicted octanol–water partition coefficient (Wildman–Crippen LogP) is 3.15. The summed E-state index contributed by atoms with van der Waals surface area (Å²) in [6, 6.07) is 5.07. The van der Waals surface area contributed by atoms with Gasteiger partial charge in [0.15, 0.2) is 0 Å². The number of hydrogen-bond acceptors (Lipinski definition) is 1. The Bertz CT molecular complexity index is 349. The topological polar surface area (TPSA) is 26.0 Å². The molecule has 2 N–H and O–H groups in total. The molecular weight excluding hydrogens is 213 g/mol. The highest BCUT2D eigenvalue weighted by atomic mass is 35.5. The van der Waals surface area contributed by atoms with Crippen molar-refractivity contribution in [2.75, 3.05) is 0 Å². The fourth-order valence-corrected chi connectivity index (χ4v) is 1.95. The normalized spacial score (nSPS) is 17.8. The van der Waals surface area contributed by atoms with Gasteiger partial charge in [-0.3, -0.25) is 0 Å². The number of rotatable bonds is 4. The van der Waals surface area contributed by atoms with Crippen LogP contribution in [0.15, 0.2) is 18.2 Å². The van der Waals surface area contributed by atoms with E-state index < -0.39 is 0 Å². The number of nitrogens with two attached hydrogens (primary N) is 1. The van der Waals surface area contributed by atoms with Crippen molar-refractivity contribution in [3.05, 3.63) is 34.6 Å². The van der Waals surface area contributed by atoms with Gasteiger partial charge in [0, 0.05) is 6.04 Å². The number of benzene rings is 1. The zero-order chi connectivity index (χ0) is 10.8. The summed E-state index contributed by atoms with van der Waals surface area (Å²) in [5.41, 5.74) is 6.91. The molecule has 0 aliphatic heterocycles. The Labute approximate surface area is 94.4 Å². The highest BCUT2D eigenvalue weighted by Gasteiger charge is 2.23. The molecule has 0 heterocycles. The lowest BCUT2D eigenvalue weighted by molar-refractivity contribution is 0.563. The molecule has 15 heavy (non-hydrogen) atoms. The van der Waals surface area contributed by atoms with E-state index in [-0.39, 0.29) is 16.9 Å². The minimum atomic E-state index is -0.354. The Morgan fingerprint density at radius 1 is 1.47 bits per heavy atom. The molecule has 1 aromatic rings. The van der Waals surface area contributed by atoms with Crippen LogP contribution < -0.4 is 5.73 Å². The van der Waals surface area contributed by atoms with Crippen LogP contribution in [0.3, 0.4) is 0 Å². The average Bonchev–Trinajstić information content (AvgIpc) is 2.95. The molecule has 1 fully saturated rings. The smallest absolute Gasteiger partial charge is 0.142 e. The van der Waals surface area contributed by atoms with Gasteiger partial charge in [-0.2, -0.15) is 0 Å². The molecule has 1 aliphatic rings. The van der Waals surface area contributed by atoms with Crippen molar-refractivity contribution in [3.8, 4) is 0 Å². The van der Waals surface area contributed by atoms with Crippen molar-refractivity contribution < 1.29 is 4.39 Å². The molecule has 0 radical (unpaired) electrons. The fraction of sp³-hybridized carbons (Fsp3) is 0.500. The summed E-state index contributed by atoms with van der Waals surface area (Å²) in [5.74, 6) is 0.463. The highest BCUT2D eigenvalue weighted by Crippen LogP contribution is 2.33. The maximum atomic E-state index is 13.1. The summed E-state index contributed by atoms with van der Waals surface area (Å²) in [5, 5.41) is 0.175. The quantitative estimate of drug-likeness (QED) is 0.840. The van der Waals surface area contributed by atoms with Crippen LogP contribution in [0.4, 0.5) is 4.39 Å². The fourth-order valence-electron chi connectivity index (χ4n) is 1.83. The van der Waals surface area contributed by atoms with Gasteiger partial charge < -0.3 is 5.73 Å². The van der Waals surface area contributed by atoms with Crippen LogP contribution >= 0.6 is 11.6 Å². The lowest BCUT2D eigenvalue weighted by Crippen LogP contribution is -2.23. The molecule has 82 valence electrons. The Morgan fingerprint density at radius 3 is 2.80 bits per heavy atom. The van der Waals surface area contributed by atoms with Crippen LogP contribution in [0, 0.1) is 11.7 Å². The zero-order valence-corrected chi connectivity index (χ0v) is 9.30. The Morgan fingerprint density at radius 2 is 2.20 bits per heavy atom. The van der Waals surface area contributed by atoms with Crippen LogP contribution in [0.2, 0.25) is 5.02 Å². The predicted molar refractivity (Wildman–Crippen MR) is 60.4 cm³/mol. The standard InChI is InChI=1S/C12H15ClFN/c13-11-4-3-9(7-12(11)14)6-10(15)5-8-1-2-8/h3-4,7-8,10H,1-2,5-6,15H2. The second-order valence-corrected chi connectivity index (χ2v) is 4.80. The second kappa shape index (κ2) is 4.50. The molecule has 1 nitrogen and oxygen atoms in total. The first-order valence-electron chi connectivity index (χ1n) is 5.34. The first-order valence-corrected chi connectivity index (χ1v) is 5.72. The largest absolute Gasteiger partial charge is 0.327 e. The molecule has 0 bridgehead atoms. The molecule has 0 aromatic heterocycles. The van der Waals surface area contributed by atoms with Gasteiger partial charge in [0.05, 0.1) is 5.02 Å². The Kier molecular flexibility index (Phi) is 3.27. The average molecular weight is 228 g/mol. The molecule has 1 aliphatic carbocycles. The Hall–Kier alpha value is -0.600. The van der Waals surface area contributed by atoms with Crippen molar-refractivity contribution >= 4 is 11.6 Å². The summed E-state index contributed by atoms with van der Waals surface area (Å²) < 4.78 is 13.1. The number of halogens is 2. The van der Waals surface area contributed by atoms with E-state index in [0.29, 0.717) is 0 Å². The number of hydrogen-bond donors (Lipinski definition) is 1. The third-order valence-corrected chi connectivity index (χ3v) is 3.12. The van der Waals surface area contributed by atoms with Crippen LogP contribution in [-0.4, -0.2) is 6.04 Å². The van der Waals surface area contributed by atoms with E-state index in [1.165, 1.54) is 18.9 Å². The minimum Gasteiger partial charge on any atom is -0.327 e. The van der Waals surface area contributed by atoms with Gasteiger partial charge >= 0.3 is 0 Å². The molecule has 0 spiro atoms. The van der Waals surface area contributed by atoms with E-state index in [9.17, 15) is 4.39 Å². The molecular formula is C12H15ClFN. The highest BCUT2D eigenvalue weighted by molar-refractivity contribution is 6.30. The first-order chi connectivity index (χ1) is 7.15. The van der Waals surface area contributed by atoms with Gasteiger partial charge in [-0.25, -0.2) is 4.39 Å². The molecule has 2 rings (SSSR count). The summed E-state index contributed by atoms with van der Waals surface area (Å²) >= 11 is 5.61. The van der Waals surface area contributed by atoms with Gasteiger partial charge in [0.25, 0.3) is 0 Å². The van der Waals surface area contributed by atoms with E-state index in [2.05, 4.69) is 0 Å².